The van der Waals surface area contributed by atoms with Crippen LogP contribution < -0.4 is 5.32 Å². The zero-order valence-electron chi connectivity index (χ0n) is 11.8. The molecular formula is C14H21NO4. The molecule has 0 bridgehead atoms. The summed E-state index contributed by atoms with van der Waals surface area (Å²) in [5, 5.41) is 3.26. The van der Waals surface area contributed by atoms with Crippen LogP contribution in [-0.4, -0.2) is 39.6 Å². The molecule has 1 rings (SSSR count). The number of carbonyl (C=O) groups is 1. The van der Waals surface area contributed by atoms with Crippen molar-refractivity contribution >= 4 is 5.97 Å². The average Bonchev–Trinajstić information content (AvgIpc) is 2.45. The van der Waals surface area contributed by atoms with Gasteiger partial charge >= 0.3 is 5.97 Å². The van der Waals surface area contributed by atoms with Crippen LogP contribution in [0.1, 0.15) is 22.8 Å². The summed E-state index contributed by atoms with van der Waals surface area (Å²) < 4.78 is 15.1. The van der Waals surface area contributed by atoms with Crippen LogP contribution in [0, 0.1) is 0 Å². The zero-order valence-corrected chi connectivity index (χ0v) is 11.8. The molecule has 0 radical (unpaired) electrons. The molecule has 0 heterocycles. The molecule has 106 valence electrons. The van der Waals surface area contributed by atoms with E-state index in [1.54, 1.807) is 20.3 Å². The standard InChI is InChI=1S/C14H21NO4/c1-10(14(18-3)19-4)15-9-11-7-5-6-8-12(11)13(16)17-2/h5-8,10,14-15H,9H2,1-4H3. The smallest absolute Gasteiger partial charge is 0.338 e. The van der Waals surface area contributed by atoms with Gasteiger partial charge in [0, 0.05) is 20.8 Å². The lowest BCUT2D eigenvalue weighted by molar-refractivity contribution is -0.119. The van der Waals surface area contributed by atoms with Gasteiger partial charge in [-0.1, -0.05) is 18.2 Å². The SMILES string of the molecule is COC(=O)c1ccccc1CNC(C)C(OC)OC. The van der Waals surface area contributed by atoms with Crippen molar-refractivity contribution in [1.29, 1.82) is 0 Å². The van der Waals surface area contributed by atoms with E-state index in [0.717, 1.165) is 5.56 Å². The molecule has 0 aliphatic rings. The van der Waals surface area contributed by atoms with Crippen LogP contribution in [0.2, 0.25) is 0 Å². The molecule has 5 nitrogen and oxygen atoms in total. The fourth-order valence-corrected chi connectivity index (χ4v) is 1.86. The van der Waals surface area contributed by atoms with Crippen LogP contribution in [0.4, 0.5) is 0 Å². The highest BCUT2D eigenvalue weighted by Gasteiger charge is 2.16. The summed E-state index contributed by atoms with van der Waals surface area (Å²) in [5.41, 5.74) is 1.45. The fraction of sp³-hybridized carbons (Fsp3) is 0.500. The molecule has 1 aromatic rings. The lowest BCUT2D eigenvalue weighted by atomic mass is 10.1. The minimum absolute atomic E-state index is 0.000651. The summed E-state index contributed by atoms with van der Waals surface area (Å²) in [5.74, 6) is -0.333. The molecule has 1 N–H and O–H groups in total. The highest BCUT2D eigenvalue weighted by atomic mass is 16.7. The third-order valence-electron chi connectivity index (χ3n) is 2.91. The Hall–Kier alpha value is -1.43. The van der Waals surface area contributed by atoms with Crippen molar-refractivity contribution in [3.8, 4) is 0 Å². The van der Waals surface area contributed by atoms with Gasteiger partial charge in [0.1, 0.15) is 0 Å². The van der Waals surface area contributed by atoms with Crippen molar-refractivity contribution in [1.82, 2.24) is 5.32 Å². The Bertz CT molecular complexity index is 404. The van der Waals surface area contributed by atoms with Crippen LogP contribution in [0.3, 0.4) is 0 Å². The van der Waals surface area contributed by atoms with Crippen LogP contribution in [0.5, 0.6) is 0 Å². The molecule has 0 spiro atoms. The molecule has 5 heteroatoms. The highest BCUT2D eigenvalue weighted by Crippen LogP contribution is 2.11. The van der Waals surface area contributed by atoms with E-state index >= 15 is 0 Å². The Morgan fingerprint density at radius 1 is 1.21 bits per heavy atom. The maximum Gasteiger partial charge on any atom is 0.338 e. The van der Waals surface area contributed by atoms with Gasteiger partial charge in [-0.2, -0.15) is 0 Å². The Kier molecular flexibility index (Phi) is 6.49. The molecule has 0 aliphatic carbocycles. The number of hydrogen-bond acceptors (Lipinski definition) is 5. The summed E-state index contributed by atoms with van der Waals surface area (Å²) in [7, 11) is 4.56. The zero-order chi connectivity index (χ0) is 14.3. The van der Waals surface area contributed by atoms with Gasteiger partial charge < -0.3 is 19.5 Å². The summed E-state index contributed by atoms with van der Waals surface area (Å²) >= 11 is 0. The quantitative estimate of drug-likeness (QED) is 0.600. The summed E-state index contributed by atoms with van der Waals surface area (Å²) in [6.07, 6.45) is -0.328. The van der Waals surface area contributed by atoms with Crippen molar-refractivity contribution in [3.63, 3.8) is 0 Å². The average molecular weight is 267 g/mol. The molecule has 0 aliphatic heterocycles. The molecule has 1 unspecified atom stereocenters. The number of hydrogen-bond donors (Lipinski definition) is 1. The summed E-state index contributed by atoms with van der Waals surface area (Å²) in [6, 6.07) is 7.34. The van der Waals surface area contributed by atoms with E-state index in [1.165, 1.54) is 7.11 Å². The first-order valence-electron chi connectivity index (χ1n) is 6.09. The minimum atomic E-state index is -0.333. The van der Waals surface area contributed by atoms with Gasteiger partial charge in [-0.3, -0.25) is 0 Å². The molecule has 0 aromatic heterocycles. The van der Waals surface area contributed by atoms with Gasteiger partial charge in [-0.25, -0.2) is 4.79 Å². The first-order chi connectivity index (χ1) is 9.13. The third kappa shape index (κ3) is 4.31. The van der Waals surface area contributed by atoms with E-state index in [1.807, 2.05) is 25.1 Å². The van der Waals surface area contributed by atoms with E-state index < -0.39 is 0 Å². The van der Waals surface area contributed by atoms with Crippen LogP contribution >= 0.6 is 0 Å². The Morgan fingerprint density at radius 2 is 1.84 bits per heavy atom. The van der Waals surface area contributed by atoms with Crippen molar-refractivity contribution in [2.75, 3.05) is 21.3 Å². The molecule has 19 heavy (non-hydrogen) atoms. The van der Waals surface area contributed by atoms with Gasteiger partial charge in [0.15, 0.2) is 6.29 Å². The van der Waals surface area contributed by atoms with Gasteiger partial charge in [-0.15, -0.1) is 0 Å². The second-order valence-corrected chi connectivity index (χ2v) is 4.16. The van der Waals surface area contributed by atoms with Crippen LogP contribution in [0.25, 0.3) is 0 Å². The maximum atomic E-state index is 11.6. The predicted molar refractivity (Wildman–Crippen MR) is 71.9 cm³/mol. The number of ether oxygens (including phenoxy) is 3. The first-order valence-corrected chi connectivity index (χ1v) is 6.09. The lowest BCUT2D eigenvalue weighted by Crippen LogP contribution is -2.39. The van der Waals surface area contributed by atoms with Crippen LogP contribution in [0.15, 0.2) is 24.3 Å². The lowest BCUT2D eigenvalue weighted by Gasteiger charge is -2.22. The largest absolute Gasteiger partial charge is 0.465 e. The third-order valence-corrected chi connectivity index (χ3v) is 2.91. The number of benzene rings is 1. The molecule has 1 atom stereocenters. The minimum Gasteiger partial charge on any atom is -0.465 e. The Labute approximate surface area is 113 Å². The number of carbonyl (C=O) groups excluding carboxylic acids is 1. The first kappa shape index (κ1) is 15.6. The van der Waals surface area contributed by atoms with Crippen molar-refractivity contribution in [3.05, 3.63) is 35.4 Å². The van der Waals surface area contributed by atoms with Crippen molar-refractivity contribution in [2.45, 2.75) is 25.8 Å². The Morgan fingerprint density at radius 3 is 2.42 bits per heavy atom. The van der Waals surface area contributed by atoms with Crippen molar-refractivity contribution < 1.29 is 19.0 Å². The number of methoxy groups -OCH3 is 3. The monoisotopic (exact) mass is 267 g/mol. The van der Waals surface area contributed by atoms with Gasteiger partial charge in [0.2, 0.25) is 0 Å². The van der Waals surface area contributed by atoms with E-state index in [0.29, 0.717) is 12.1 Å². The topological polar surface area (TPSA) is 56.8 Å². The van der Waals surface area contributed by atoms with Crippen LogP contribution in [-0.2, 0) is 20.8 Å². The highest BCUT2D eigenvalue weighted by molar-refractivity contribution is 5.90. The second-order valence-electron chi connectivity index (χ2n) is 4.16. The maximum absolute atomic E-state index is 11.6. The molecule has 0 amide bonds. The second kappa shape index (κ2) is 7.89. The molecule has 1 aromatic carbocycles. The fourth-order valence-electron chi connectivity index (χ4n) is 1.86. The van der Waals surface area contributed by atoms with E-state index in [4.69, 9.17) is 14.2 Å². The number of rotatable bonds is 7. The summed E-state index contributed by atoms with van der Waals surface area (Å²) in [6.45, 7) is 2.49. The van der Waals surface area contributed by atoms with E-state index in [-0.39, 0.29) is 18.3 Å². The predicted octanol–water partition coefficient (Wildman–Crippen LogP) is 1.57. The molecule has 0 saturated heterocycles. The molecular weight excluding hydrogens is 246 g/mol. The van der Waals surface area contributed by atoms with Crippen molar-refractivity contribution in [2.24, 2.45) is 0 Å². The van der Waals surface area contributed by atoms with Gasteiger partial charge in [0.05, 0.1) is 18.7 Å². The Balaban J connectivity index is 2.70. The normalized spacial score (nSPS) is 12.5. The summed E-state index contributed by atoms with van der Waals surface area (Å²) in [4.78, 5) is 11.6. The number of esters is 1. The van der Waals surface area contributed by atoms with E-state index in [9.17, 15) is 4.79 Å². The van der Waals surface area contributed by atoms with E-state index in [2.05, 4.69) is 5.32 Å². The van der Waals surface area contributed by atoms with Gasteiger partial charge in [-0.05, 0) is 18.6 Å². The molecule has 0 fully saturated rings. The number of nitrogens with one attached hydrogen (secondary N) is 1. The molecule has 0 saturated carbocycles. The van der Waals surface area contributed by atoms with Gasteiger partial charge in [0.25, 0.3) is 0 Å².